The smallest absolute Gasteiger partial charge is 0.137 e. The van der Waals surface area contributed by atoms with E-state index in [1.807, 2.05) is 30.3 Å². The summed E-state index contributed by atoms with van der Waals surface area (Å²) in [4.78, 5) is 8.75. The highest BCUT2D eigenvalue weighted by Crippen LogP contribution is 2.22. The summed E-state index contributed by atoms with van der Waals surface area (Å²) in [5, 5.41) is 3.65. The highest BCUT2D eigenvalue weighted by atomic mass is 35.5. The third-order valence-electron chi connectivity index (χ3n) is 2.79. The van der Waals surface area contributed by atoms with E-state index in [1.54, 1.807) is 6.07 Å². The Bertz CT molecular complexity index is 582. The lowest BCUT2D eigenvalue weighted by molar-refractivity contribution is 0.332. The second-order valence-corrected chi connectivity index (χ2v) is 6.13. The Balaban J connectivity index is 1.90. The van der Waals surface area contributed by atoms with E-state index in [-0.39, 0.29) is 5.41 Å². The van der Waals surface area contributed by atoms with Gasteiger partial charge in [0.05, 0.1) is 6.54 Å². The molecule has 0 fully saturated rings. The number of aromatic nitrogens is 2. The molecule has 0 radical (unpaired) electrons. The number of hydrogen-bond donors (Lipinski definition) is 1. The summed E-state index contributed by atoms with van der Waals surface area (Å²) in [7, 11) is 0. The Labute approximate surface area is 130 Å². The maximum Gasteiger partial charge on any atom is 0.137 e. The molecule has 0 unspecified atom stereocenters. The molecule has 0 atom stereocenters. The zero-order chi connectivity index (χ0) is 15.3. The van der Waals surface area contributed by atoms with Crippen LogP contribution in [0.3, 0.4) is 0 Å². The van der Waals surface area contributed by atoms with Gasteiger partial charge in [0.1, 0.15) is 29.2 Å². The number of benzene rings is 1. The molecule has 0 spiro atoms. The van der Waals surface area contributed by atoms with Crippen molar-refractivity contribution < 1.29 is 4.74 Å². The van der Waals surface area contributed by atoms with Crippen molar-refractivity contribution in [2.24, 2.45) is 0 Å². The minimum Gasteiger partial charge on any atom is -0.492 e. The van der Waals surface area contributed by atoms with Gasteiger partial charge in [-0.15, -0.1) is 0 Å². The van der Waals surface area contributed by atoms with Gasteiger partial charge < -0.3 is 10.1 Å². The molecule has 1 heterocycles. The maximum atomic E-state index is 6.04. The number of ether oxygens (including phenoxy) is 1. The molecule has 1 aromatic carbocycles. The van der Waals surface area contributed by atoms with Gasteiger partial charge in [0, 0.05) is 11.5 Å². The van der Waals surface area contributed by atoms with Gasteiger partial charge in [0.15, 0.2) is 0 Å². The van der Waals surface area contributed by atoms with E-state index >= 15 is 0 Å². The number of halogens is 1. The van der Waals surface area contributed by atoms with Crippen molar-refractivity contribution in [1.82, 2.24) is 9.97 Å². The molecule has 4 nitrogen and oxygen atoms in total. The molecule has 0 aliphatic rings. The Morgan fingerprint density at radius 1 is 1.14 bits per heavy atom. The zero-order valence-corrected chi connectivity index (χ0v) is 13.3. The molecule has 0 aliphatic carbocycles. The van der Waals surface area contributed by atoms with Crippen LogP contribution in [0.15, 0.2) is 36.4 Å². The van der Waals surface area contributed by atoms with Crippen molar-refractivity contribution in [2.45, 2.75) is 26.2 Å². The van der Waals surface area contributed by atoms with E-state index in [1.165, 1.54) is 0 Å². The molecule has 5 heteroatoms. The number of nitrogens with one attached hydrogen (secondary N) is 1. The summed E-state index contributed by atoms with van der Waals surface area (Å²) >= 11 is 6.04. The fraction of sp³-hybridized carbons (Fsp3) is 0.375. The van der Waals surface area contributed by atoms with Crippen LogP contribution in [0.25, 0.3) is 0 Å². The number of para-hydroxylation sites is 1. The van der Waals surface area contributed by atoms with E-state index in [0.717, 1.165) is 17.4 Å². The maximum absolute atomic E-state index is 6.04. The number of anilines is 1. The third-order valence-corrected chi connectivity index (χ3v) is 2.98. The third kappa shape index (κ3) is 4.90. The Hall–Kier alpha value is -1.81. The first-order valence-electron chi connectivity index (χ1n) is 6.92. The molecule has 0 saturated carbocycles. The molecule has 1 aromatic heterocycles. The second kappa shape index (κ2) is 6.76. The predicted octanol–water partition coefficient (Wildman–Crippen LogP) is 3.92. The summed E-state index contributed by atoms with van der Waals surface area (Å²) in [6.45, 7) is 7.37. The fourth-order valence-electron chi connectivity index (χ4n) is 1.71. The first-order chi connectivity index (χ1) is 9.95. The molecule has 1 N–H and O–H groups in total. The van der Waals surface area contributed by atoms with Crippen LogP contribution in [-0.2, 0) is 5.41 Å². The van der Waals surface area contributed by atoms with E-state index in [0.29, 0.717) is 18.3 Å². The molecular formula is C16H20ClN3O. The summed E-state index contributed by atoms with van der Waals surface area (Å²) in [6.07, 6.45) is 0. The minimum absolute atomic E-state index is 0.137. The highest BCUT2D eigenvalue weighted by Gasteiger charge is 2.18. The molecule has 2 rings (SSSR count). The first-order valence-corrected chi connectivity index (χ1v) is 7.30. The van der Waals surface area contributed by atoms with Gasteiger partial charge in [-0.05, 0) is 12.1 Å². The lowest BCUT2D eigenvalue weighted by Gasteiger charge is -2.17. The summed E-state index contributed by atoms with van der Waals surface area (Å²) in [6, 6.07) is 11.4. The molecular weight excluding hydrogens is 286 g/mol. The van der Waals surface area contributed by atoms with E-state index < -0.39 is 0 Å². The van der Waals surface area contributed by atoms with Crippen LogP contribution in [0, 0.1) is 0 Å². The Kier molecular flexibility index (Phi) is 5.02. The van der Waals surface area contributed by atoms with Crippen LogP contribution >= 0.6 is 11.6 Å². The van der Waals surface area contributed by atoms with E-state index in [9.17, 15) is 0 Å². The molecule has 112 valence electrons. The first kappa shape index (κ1) is 15.6. The molecule has 0 bridgehead atoms. The van der Waals surface area contributed by atoms with Crippen LogP contribution in [0.5, 0.6) is 5.75 Å². The van der Waals surface area contributed by atoms with Crippen LogP contribution in [0.2, 0.25) is 5.15 Å². The summed E-state index contributed by atoms with van der Waals surface area (Å²) in [5.41, 5.74) is -0.137. The van der Waals surface area contributed by atoms with Gasteiger partial charge in [0.25, 0.3) is 0 Å². The zero-order valence-electron chi connectivity index (χ0n) is 12.6. The molecule has 21 heavy (non-hydrogen) atoms. The number of rotatable bonds is 5. The minimum atomic E-state index is -0.137. The van der Waals surface area contributed by atoms with Gasteiger partial charge in [-0.2, -0.15) is 0 Å². The highest BCUT2D eigenvalue weighted by molar-refractivity contribution is 6.29. The van der Waals surface area contributed by atoms with Gasteiger partial charge >= 0.3 is 0 Å². The van der Waals surface area contributed by atoms with Gasteiger partial charge in [-0.1, -0.05) is 50.6 Å². The van der Waals surface area contributed by atoms with Crippen molar-refractivity contribution in [1.29, 1.82) is 0 Å². The van der Waals surface area contributed by atoms with Crippen molar-refractivity contribution in [3.63, 3.8) is 0 Å². The van der Waals surface area contributed by atoms with Crippen molar-refractivity contribution in [3.05, 3.63) is 47.4 Å². The summed E-state index contributed by atoms with van der Waals surface area (Å²) < 4.78 is 5.62. The van der Waals surface area contributed by atoms with Crippen LogP contribution in [-0.4, -0.2) is 23.1 Å². The predicted molar refractivity (Wildman–Crippen MR) is 86.2 cm³/mol. The average molecular weight is 306 g/mol. The SMILES string of the molecule is CC(C)(C)c1nc(Cl)cc(NCCOc2ccccc2)n1. The summed E-state index contributed by atoms with van der Waals surface area (Å²) in [5.74, 6) is 2.30. The number of hydrogen-bond acceptors (Lipinski definition) is 4. The largest absolute Gasteiger partial charge is 0.492 e. The fourth-order valence-corrected chi connectivity index (χ4v) is 1.89. The van der Waals surface area contributed by atoms with Crippen LogP contribution in [0.4, 0.5) is 5.82 Å². The number of nitrogens with zero attached hydrogens (tertiary/aromatic N) is 2. The molecule has 2 aromatic rings. The van der Waals surface area contributed by atoms with Crippen molar-refractivity contribution >= 4 is 17.4 Å². The molecule has 0 amide bonds. The Morgan fingerprint density at radius 3 is 2.52 bits per heavy atom. The van der Waals surface area contributed by atoms with Gasteiger partial charge in [0.2, 0.25) is 0 Å². The van der Waals surface area contributed by atoms with Crippen molar-refractivity contribution in [2.75, 3.05) is 18.5 Å². The van der Waals surface area contributed by atoms with Crippen LogP contribution in [0.1, 0.15) is 26.6 Å². The molecule has 0 saturated heterocycles. The Morgan fingerprint density at radius 2 is 1.86 bits per heavy atom. The molecule has 0 aliphatic heterocycles. The van der Waals surface area contributed by atoms with Gasteiger partial charge in [-0.25, -0.2) is 9.97 Å². The topological polar surface area (TPSA) is 47.0 Å². The van der Waals surface area contributed by atoms with Crippen LogP contribution < -0.4 is 10.1 Å². The monoisotopic (exact) mass is 305 g/mol. The normalized spacial score (nSPS) is 11.2. The van der Waals surface area contributed by atoms with E-state index in [4.69, 9.17) is 16.3 Å². The lowest BCUT2D eigenvalue weighted by Crippen LogP contribution is -2.18. The standard InChI is InChI=1S/C16H20ClN3O/c1-16(2,3)15-19-13(17)11-14(20-15)18-9-10-21-12-7-5-4-6-8-12/h4-8,11H,9-10H2,1-3H3,(H,18,19,20). The second-order valence-electron chi connectivity index (χ2n) is 5.74. The average Bonchev–Trinajstić information content (AvgIpc) is 2.43. The lowest BCUT2D eigenvalue weighted by atomic mass is 9.96. The van der Waals surface area contributed by atoms with E-state index in [2.05, 4.69) is 36.1 Å². The van der Waals surface area contributed by atoms with Crippen molar-refractivity contribution in [3.8, 4) is 5.75 Å². The quantitative estimate of drug-likeness (QED) is 0.672. The van der Waals surface area contributed by atoms with Gasteiger partial charge in [-0.3, -0.25) is 0 Å².